The number of allylic oxidation sites excluding steroid dienone is 1. The zero-order valence-corrected chi connectivity index (χ0v) is 32.0. The first kappa shape index (κ1) is 38.3. The summed E-state index contributed by atoms with van der Waals surface area (Å²) in [7, 11) is -2.40. The molecule has 288 valence electrons. The molecule has 1 aromatic carbocycles. The Hall–Kier alpha value is -4.40. The SMILES string of the molecule is COc1cc2ccccc2c(O[C@@H]2C[C@H]3C(=O)N[C@]4(C(=O)NS(=O)(=O)C5CC5)C[C@H]4/C=C\CC[C@H](C)C[C@@H](C)[C@H](NC(=O)OC(C)(C)C)C(=O)N3C2)n1. The largest absolute Gasteiger partial charge is 0.481 e. The molecule has 1 saturated heterocycles. The molecule has 4 amide bonds. The highest BCUT2D eigenvalue weighted by Gasteiger charge is 2.62. The Morgan fingerprint density at radius 2 is 1.81 bits per heavy atom. The number of carbonyl (C=O) groups is 4. The minimum Gasteiger partial charge on any atom is -0.481 e. The van der Waals surface area contributed by atoms with Gasteiger partial charge in [0.1, 0.15) is 29.3 Å². The average molecular weight is 754 g/mol. The van der Waals surface area contributed by atoms with Gasteiger partial charge in [-0.05, 0) is 82.6 Å². The van der Waals surface area contributed by atoms with Gasteiger partial charge in [-0.25, -0.2) is 13.2 Å². The molecular formula is C38H51N5O9S. The standard InChI is InChI=1S/C38H51N5O9S/c1-22-11-7-9-13-25-20-38(25,35(46)42-53(48,49)27-15-16-27)41-32(44)29-19-26(51-33-28-14-10-8-12-24(28)18-30(39-33)50-6)21-43(29)34(45)31(23(2)17-22)40-36(47)52-37(3,4)5/h8-10,12-14,18,22-23,25-27,29,31H,7,11,15-17,19-21H2,1-6H3,(H,40,47)(H,41,44)(H,42,46)/b13-9-/t22-,23+,25+,26+,29-,31-,38+/m0/s1. The lowest BCUT2D eigenvalue weighted by Gasteiger charge is -2.33. The lowest BCUT2D eigenvalue weighted by Crippen LogP contribution is -2.59. The summed E-state index contributed by atoms with van der Waals surface area (Å²) in [6.07, 6.45) is 5.57. The molecule has 0 radical (unpaired) electrons. The molecule has 2 aliphatic heterocycles. The number of amides is 4. The normalized spacial score (nSPS) is 30.1. The third-order valence-corrected chi connectivity index (χ3v) is 12.3. The average Bonchev–Trinajstić information content (AvgIpc) is 4.01. The number of benzene rings is 1. The number of hydrogen-bond donors (Lipinski definition) is 3. The van der Waals surface area contributed by atoms with Gasteiger partial charge < -0.3 is 29.7 Å². The molecule has 0 unspecified atom stereocenters. The van der Waals surface area contributed by atoms with Crippen molar-refractivity contribution in [3.63, 3.8) is 0 Å². The first-order chi connectivity index (χ1) is 25.0. The number of methoxy groups -OCH3 is 1. The van der Waals surface area contributed by atoms with Gasteiger partial charge in [0, 0.05) is 23.8 Å². The van der Waals surface area contributed by atoms with E-state index in [1.165, 1.54) is 12.0 Å². The zero-order valence-electron chi connectivity index (χ0n) is 31.2. The minimum absolute atomic E-state index is 0.0303. The van der Waals surface area contributed by atoms with Crippen LogP contribution in [0.5, 0.6) is 11.8 Å². The van der Waals surface area contributed by atoms with Crippen molar-refractivity contribution >= 4 is 44.6 Å². The van der Waals surface area contributed by atoms with Gasteiger partial charge in [0.15, 0.2) is 0 Å². The molecule has 4 aliphatic rings. The first-order valence-electron chi connectivity index (χ1n) is 18.4. The lowest BCUT2D eigenvalue weighted by molar-refractivity contribution is -0.142. The van der Waals surface area contributed by atoms with E-state index in [0.29, 0.717) is 36.9 Å². The van der Waals surface area contributed by atoms with Gasteiger partial charge in [-0.15, -0.1) is 0 Å². The number of fused-ring (bicyclic) bond motifs is 3. The van der Waals surface area contributed by atoms with E-state index in [-0.39, 0.29) is 37.1 Å². The van der Waals surface area contributed by atoms with Crippen LogP contribution < -0.4 is 24.8 Å². The fourth-order valence-electron chi connectivity index (χ4n) is 7.43. The van der Waals surface area contributed by atoms with Crippen LogP contribution in [0.3, 0.4) is 0 Å². The Morgan fingerprint density at radius 3 is 2.51 bits per heavy atom. The highest BCUT2D eigenvalue weighted by Crippen LogP contribution is 2.46. The number of ether oxygens (including phenoxy) is 3. The molecule has 7 atom stereocenters. The third-order valence-electron chi connectivity index (χ3n) is 10.5. The molecule has 3 fully saturated rings. The van der Waals surface area contributed by atoms with Crippen LogP contribution in [0, 0.1) is 17.8 Å². The lowest BCUT2D eigenvalue weighted by atomic mass is 9.88. The number of carbonyl (C=O) groups excluding carboxylic acids is 4. The fraction of sp³-hybridized carbons (Fsp3) is 0.605. The quantitative estimate of drug-likeness (QED) is 0.350. The van der Waals surface area contributed by atoms with Crippen LogP contribution in [-0.4, -0.2) is 90.3 Å². The number of alkyl carbamates (subject to hydrolysis) is 1. The minimum atomic E-state index is -3.90. The Labute approximate surface area is 310 Å². The predicted octanol–water partition coefficient (Wildman–Crippen LogP) is 3.98. The van der Waals surface area contributed by atoms with Crippen molar-refractivity contribution in [2.45, 2.75) is 114 Å². The van der Waals surface area contributed by atoms with Crippen LogP contribution in [-0.2, 0) is 29.1 Å². The molecule has 2 aromatic rings. The van der Waals surface area contributed by atoms with E-state index >= 15 is 0 Å². The summed E-state index contributed by atoms with van der Waals surface area (Å²) >= 11 is 0. The molecule has 2 saturated carbocycles. The molecule has 0 bridgehead atoms. The second kappa shape index (κ2) is 14.8. The Morgan fingerprint density at radius 1 is 1.08 bits per heavy atom. The molecule has 6 rings (SSSR count). The maximum Gasteiger partial charge on any atom is 0.408 e. The van der Waals surface area contributed by atoms with Crippen LogP contribution in [0.25, 0.3) is 10.8 Å². The summed E-state index contributed by atoms with van der Waals surface area (Å²) in [6, 6.07) is 7.08. The third kappa shape index (κ3) is 8.71. The second-order valence-corrected chi connectivity index (χ2v) is 18.0. The first-order valence-corrected chi connectivity index (χ1v) is 20.0. The number of nitrogens with one attached hydrogen (secondary N) is 3. The highest BCUT2D eigenvalue weighted by atomic mass is 32.2. The summed E-state index contributed by atoms with van der Waals surface area (Å²) in [5.74, 6) is -1.96. The zero-order chi connectivity index (χ0) is 38.3. The predicted molar refractivity (Wildman–Crippen MR) is 196 cm³/mol. The number of sulfonamides is 1. The molecular weight excluding hydrogens is 703 g/mol. The van der Waals surface area contributed by atoms with Gasteiger partial charge in [-0.3, -0.25) is 19.1 Å². The molecule has 0 spiro atoms. The molecule has 3 heterocycles. The van der Waals surface area contributed by atoms with Crippen molar-refractivity contribution in [2.24, 2.45) is 17.8 Å². The summed E-state index contributed by atoms with van der Waals surface area (Å²) in [5, 5.41) is 6.59. The van der Waals surface area contributed by atoms with Gasteiger partial charge >= 0.3 is 6.09 Å². The molecule has 15 heteroatoms. The van der Waals surface area contributed by atoms with E-state index in [2.05, 4.69) is 27.3 Å². The Bertz CT molecular complexity index is 1890. The maximum absolute atomic E-state index is 14.7. The van der Waals surface area contributed by atoms with Gasteiger partial charge in [0.05, 0.1) is 18.9 Å². The van der Waals surface area contributed by atoms with Gasteiger partial charge in [0.25, 0.3) is 5.91 Å². The van der Waals surface area contributed by atoms with Crippen LogP contribution in [0.2, 0.25) is 0 Å². The van der Waals surface area contributed by atoms with Crippen LogP contribution in [0.15, 0.2) is 42.5 Å². The van der Waals surface area contributed by atoms with Crippen molar-refractivity contribution in [3.05, 3.63) is 42.5 Å². The van der Waals surface area contributed by atoms with E-state index in [9.17, 15) is 27.6 Å². The maximum atomic E-state index is 14.7. The molecule has 53 heavy (non-hydrogen) atoms. The Kier molecular flexibility index (Phi) is 10.7. The number of pyridine rings is 1. The second-order valence-electron chi connectivity index (χ2n) is 16.1. The number of nitrogens with zero attached hydrogens (tertiary/aromatic N) is 2. The molecule has 2 aliphatic carbocycles. The smallest absolute Gasteiger partial charge is 0.408 e. The summed E-state index contributed by atoms with van der Waals surface area (Å²) in [4.78, 5) is 62.0. The molecule has 1 aromatic heterocycles. The van der Waals surface area contributed by atoms with Crippen LogP contribution >= 0.6 is 0 Å². The van der Waals surface area contributed by atoms with E-state index < -0.39 is 74.3 Å². The summed E-state index contributed by atoms with van der Waals surface area (Å²) < 4.78 is 45.4. The van der Waals surface area contributed by atoms with Crippen molar-refractivity contribution < 1.29 is 41.8 Å². The summed E-state index contributed by atoms with van der Waals surface area (Å²) in [6.45, 7) is 9.14. The number of aromatic nitrogens is 1. The number of rotatable bonds is 7. The van der Waals surface area contributed by atoms with Crippen LogP contribution in [0.1, 0.15) is 79.6 Å². The van der Waals surface area contributed by atoms with E-state index in [1.54, 1.807) is 26.8 Å². The van der Waals surface area contributed by atoms with Crippen LogP contribution in [0.4, 0.5) is 4.79 Å². The van der Waals surface area contributed by atoms with Gasteiger partial charge in [-0.2, -0.15) is 4.98 Å². The van der Waals surface area contributed by atoms with Crippen molar-refractivity contribution in [1.29, 1.82) is 0 Å². The topological polar surface area (TPSA) is 182 Å². The van der Waals surface area contributed by atoms with Crippen molar-refractivity contribution in [1.82, 2.24) is 25.2 Å². The van der Waals surface area contributed by atoms with E-state index in [1.807, 2.05) is 43.3 Å². The Balaban J connectivity index is 1.35. The van der Waals surface area contributed by atoms with Crippen molar-refractivity contribution in [2.75, 3.05) is 13.7 Å². The number of hydrogen-bond acceptors (Lipinski definition) is 10. The van der Waals surface area contributed by atoms with Gasteiger partial charge in [0.2, 0.25) is 33.6 Å². The van der Waals surface area contributed by atoms with E-state index in [4.69, 9.17) is 14.2 Å². The van der Waals surface area contributed by atoms with E-state index in [0.717, 1.165) is 11.8 Å². The van der Waals surface area contributed by atoms with Gasteiger partial charge in [-0.1, -0.05) is 44.2 Å². The monoisotopic (exact) mass is 753 g/mol. The highest BCUT2D eigenvalue weighted by molar-refractivity contribution is 7.91. The van der Waals surface area contributed by atoms with Crippen molar-refractivity contribution in [3.8, 4) is 11.8 Å². The molecule has 3 N–H and O–H groups in total. The molecule has 14 nitrogen and oxygen atoms in total. The fourth-order valence-corrected chi connectivity index (χ4v) is 8.79. The summed E-state index contributed by atoms with van der Waals surface area (Å²) in [5.41, 5.74) is -2.33.